The summed E-state index contributed by atoms with van der Waals surface area (Å²) < 4.78 is 24.6. The Hall–Kier alpha value is -2.12. The van der Waals surface area contributed by atoms with Gasteiger partial charge in [-0.1, -0.05) is 0 Å². The van der Waals surface area contributed by atoms with E-state index in [9.17, 15) is 4.39 Å². The van der Waals surface area contributed by atoms with Gasteiger partial charge in [-0.3, -0.25) is 4.99 Å². The first-order chi connectivity index (χ1) is 13.0. The Balaban J connectivity index is 1.52. The number of aliphatic imine (C=N–C) groups is 1. The van der Waals surface area contributed by atoms with Gasteiger partial charge in [0, 0.05) is 41.4 Å². The van der Waals surface area contributed by atoms with E-state index in [4.69, 9.17) is 9.47 Å². The van der Waals surface area contributed by atoms with Gasteiger partial charge in [-0.25, -0.2) is 4.39 Å². The number of hydrogen-bond acceptors (Lipinski definition) is 4. The molecule has 1 unspecified atom stereocenters. The van der Waals surface area contributed by atoms with Gasteiger partial charge in [0.15, 0.2) is 12.8 Å². The summed E-state index contributed by atoms with van der Waals surface area (Å²) in [4.78, 5) is 6.96. The zero-order chi connectivity index (χ0) is 19.2. The van der Waals surface area contributed by atoms with Crippen LogP contribution in [-0.2, 0) is 24.2 Å². The second-order valence-corrected chi connectivity index (χ2v) is 8.05. The summed E-state index contributed by atoms with van der Waals surface area (Å²) in [5, 5.41) is 6.70. The van der Waals surface area contributed by atoms with Crippen molar-refractivity contribution < 1.29 is 13.9 Å². The first kappa shape index (κ1) is 19.6. The quantitative estimate of drug-likeness (QED) is 0.585. The molecule has 0 saturated carbocycles. The fourth-order valence-electron chi connectivity index (χ4n) is 3.13. The molecule has 146 valence electrons. The van der Waals surface area contributed by atoms with Crippen LogP contribution in [0.15, 0.2) is 29.3 Å². The molecule has 2 heterocycles. The van der Waals surface area contributed by atoms with Crippen molar-refractivity contribution in [3.63, 3.8) is 0 Å². The third-order valence-electron chi connectivity index (χ3n) is 4.35. The van der Waals surface area contributed by atoms with Crippen molar-refractivity contribution in [1.82, 2.24) is 10.6 Å². The lowest BCUT2D eigenvalue weighted by atomic mass is 10.1. The minimum absolute atomic E-state index is 0.210. The number of rotatable bonds is 6. The fourth-order valence-corrected chi connectivity index (χ4v) is 4.15. The molecular weight excluding hydrogens is 365 g/mol. The molecule has 1 aliphatic rings. The van der Waals surface area contributed by atoms with Crippen molar-refractivity contribution in [2.75, 3.05) is 20.4 Å². The van der Waals surface area contributed by atoms with Crippen LogP contribution < -0.4 is 15.4 Å². The van der Waals surface area contributed by atoms with Gasteiger partial charge >= 0.3 is 0 Å². The third-order valence-corrected chi connectivity index (χ3v) is 5.37. The van der Waals surface area contributed by atoms with E-state index in [1.54, 1.807) is 7.05 Å². The molecule has 1 aliphatic heterocycles. The maximum absolute atomic E-state index is 13.8. The Kier molecular flexibility index (Phi) is 6.68. The van der Waals surface area contributed by atoms with Crippen LogP contribution in [0.4, 0.5) is 4.39 Å². The highest BCUT2D eigenvalue weighted by Crippen LogP contribution is 2.29. The molecule has 3 rings (SSSR count). The van der Waals surface area contributed by atoms with Crippen LogP contribution in [0.25, 0.3) is 0 Å². The molecule has 2 N–H and O–H groups in total. The number of benzene rings is 1. The predicted molar refractivity (Wildman–Crippen MR) is 107 cm³/mol. The maximum atomic E-state index is 13.8. The van der Waals surface area contributed by atoms with Gasteiger partial charge < -0.3 is 20.1 Å². The molecular formula is C20H26FN3O2S. The molecule has 0 fully saturated rings. The molecule has 1 atom stereocenters. The number of nitrogens with one attached hydrogen (secondary N) is 2. The topological polar surface area (TPSA) is 54.9 Å². The normalized spacial score (nSPS) is 15.0. The second kappa shape index (κ2) is 9.19. The first-order valence-electron chi connectivity index (χ1n) is 9.09. The van der Waals surface area contributed by atoms with Crippen LogP contribution in [0, 0.1) is 12.7 Å². The summed E-state index contributed by atoms with van der Waals surface area (Å²) in [7, 11) is 1.75. The molecule has 1 aromatic carbocycles. The number of nitrogens with zero attached hydrogens (tertiary/aromatic N) is 1. The van der Waals surface area contributed by atoms with Gasteiger partial charge in [0.25, 0.3) is 0 Å². The molecule has 0 amide bonds. The molecule has 7 heteroatoms. The van der Waals surface area contributed by atoms with Gasteiger partial charge in [-0.2, -0.15) is 0 Å². The molecule has 0 saturated heterocycles. The molecule has 1 aromatic heterocycles. The smallest absolute Gasteiger partial charge is 0.191 e. The third kappa shape index (κ3) is 5.43. The van der Waals surface area contributed by atoms with Gasteiger partial charge in [0.2, 0.25) is 0 Å². The van der Waals surface area contributed by atoms with Crippen LogP contribution in [0.2, 0.25) is 0 Å². The van der Waals surface area contributed by atoms with Gasteiger partial charge in [-0.15, -0.1) is 11.3 Å². The Morgan fingerprint density at radius 2 is 2.22 bits per heavy atom. The Labute approximate surface area is 163 Å². The Bertz CT molecular complexity index is 807. The number of hydrogen-bond donors (Lipinski definition) is 2. The van der Waals surface area contributed by atoms with Crippen molar-refractivity contribution >= 4 is 17.3 Å². The van der Waals surface area contributed by atoms with Crippen LogP contribution in [0.1, 0.15) is 27.8 Å². The number of ether oxygens (including phenoxy) is 2. The average Bonchev–Trinajstić information content (AvgIpc) is 3.05. The lowest BCUT2D eigenvalue weighted by Crippen LogP contribution is -2.43. The molecule has 0 spiro atoms. The van der Waals surface area contributed by atoms with E-state index in [1.165, 1.54) is 21.9 Å². The van der Waals surface area contributed by atoms with E-state index in [0.29, 0.717) is 19.6 Å². The largest absolute Gasteiger partial charge is 0.467 e. The van der Waals surface area contributed by atoms with E-state index < -0.39 is 0 Å². The molecule has 0 aliphatic carbocycles. The van der Waals surface area contributed by atoms with Gasteiger partial charge in [0.1, 0.15) is 11.6 Å². The van der Waals surface area contributed by atoms with Gasteiger partial charge in [-0.05, 0) is 50.1 Å². The highest BCUT2D eigenvalue weighted by atomic mass is 32.1. The van der Waals surface area contributed by atoms with E-state index in [0.717, 1.165) is 29.3 Å². The zero-order valence-electron chi connectivity index (χ0n) is 16.0. The molecule has 27 heavy (non-hydrogen) atoms. The van der Waals surface area contributed by atoms with Crippen molar-refractivity contribution in [3.05, 3.63) is 51.0 Å². The summed E-state index contributed by atoms with van der Waals surface area (Å²) in [6, 6.07) is 7.58. The molecule has 0 radical (unpaired) electrons. The van der Waals surface area contributed by atoms with Gasteiger partial charge in [0.05, 0.1) is 6.61 Å². The van der Waals surface area contributed by atoms with Crippen LogP contribution in [0.3, 0.4) is 0 Å². The van der Waals surface area contributed by atoms with Crippen LogP contribution >= 0.6 is 11.3 Å². The Morgan fingerprint density at radius 3 is 2.96 bits per heavy atom. The fraction of sp³-hybridized carbons (Fsp3) is 0.450. The van der Waals surface area contributed by atoms with Crippen LogP contribution in [0.5, 0.6) is 5.75 Å². The van der Waals surface area contributed by atoms with E-state index in [1.807, 2.05) is 11.3 Å². The number of thiophene rings is 1. The van der Waals surface area contributed by atoms with Crippen molar-refractivity contribution in [2.45, 2.75) is 39.3 Å². The first-order valence-corrected chi connectivity index (χ1v) is 9.91. The zero-order valence-corrected chi connectivity index (χ0v) is 16.8. The van der Waals surface area contributed by atoms with Crippen LogP contribution in [-0.4, -0.2) is 32.4 Å². The summed E-state index contributed by atoms with van der Waals surface area (Å²) in [6.07, 6.45) is 1.59. The number of aryl methyl sites for hydroxylation is 1. The molecule has 5 nitrogen and oxygen atoms in total. The summed E-state index contributed by atoms with van der Waals surface area (Å²) in [6.45, 7) is 5.48. The minimum Gasteiger partial charge on any atom is -0.467 e. The number of guanidine groups is 1. The van der Waals surface area contributed by atoms with Crippen molar-refractivity contribution in [1.29, 1.82) is 0 Å². The highest BCUT2D eigenvalue weighted by molar-refractivity contribution is 7.11. The number of halogens is 1. The van der Waals surface area contributed by atoms with E-state index in [2.05, 4.69) is 41.6 Å². The minimum atomic E-state index is -0.264. The van der Waals surface area contributed by atoms with Crippen molar-refractivity contribution in [2.24, 2.45) is 4.99 Å². The summed E-state index contributed by atoms with van der Waals surface area (Å²) in [5.74, 6) is 1.22. The Morgan fingerprint density at radius 1 is 1.37 bits per heavy atom. The maximum Gasteiger partial charge on any atom is 0.191 e. The highest BCUT2D eigenvalue weighted by Gasteiger charge is 2.17. The predicted octanol–water partition coefficient (Wildman–Crippen LogP) is 3.40. The summed E-state index contributed by atoms with van der Waals surface area (Å²) >= 11 is 1.82. The monoisotopic (exact) mass is 391 g/mol. The molecule has 2 aromatic rings. The number of fused-ring (bicyclic) bond motifs is 1. The van der Waals surface area contributed by atoms with Crippen molar-refractivity contribution in [3.8, 4) is 5.75 Å². The average molecular weight is 392 g/mol. The SMILES string of the molecule is CN=C(NCCc1cc(F)cc2c1OCOC2)NC(C)Cc1ccc(C)s1. The lowest BCUT2D eigenvalue weighted by molar-refractivity contribution is -0.0172. The lowest BCUT2D eigenvalue weighted by Gasteiger charge is -2.21. The summed E-state index contributed by atoms with van der Waals surface area (Å²) in [5.41, 5.74) is 1.61. The van der Waals surface area contributed by atoms with E-state index in [-0.39, 0.29) is 18.7 Å². The second-order valence-electron chi connectivity index (χ2n) is 6.67. The van der Waals surface area contributed by atoms with E-state index >= 15 is 0 Å². The standard InChI is InChI=1S/C20H26FN3O2S/c1-13(8-18-5-4-14(2)27-18)24-20(22-3)23-7-6-15-9-17(21)10-16-11-25-12-26-19(15)16/h4-5,9-10,13H,6-8,11-12H2,1-3H3,(H2,22,23,24). The molecule has 0 bridgehead atoms.